The first-order valence-corrected chi connectivity index (χ1v) is 11.9. The zero-order valence-corrected chi connectivity index (χ0v) is 19.7. The Hall–Kier alpha value is -1.15. The maximum atomic E-state index is 12.5. The van der Waals surface area contributed by atoms with E-state index in [1.54, 1.807) is 7.11 Å². The highest BCUT2D eigenvalue weighted by Crippen LogP contribution is 2.59. The lowest BCUT2D eigenvalue weighted by Crippen LogP contribution is -2.56. The minimum Gasteiger partial charge on any atom is -0.443 e. The van der Waals surface area contributed by atoms with Crippen molar-refractivity contribution in [1.29, 1.82) is 0 Å². The van der Waals surface area contributed by atoms with Crippen molar-refractivity contribution in [3.8, 4) is 0 Å². The van der Waals surface area contributed by atoms with Crippen LogP contribution < -0.4 is 10.6 Å². The maximum Gasteiger partial charge on any atom is 0.407 e. The Balaban J connectivity index is 1.34. The normalized spacial score (nSPS) is 43.5. The Morgan fingerprint density at radius 3 is 2.71 bits per heavy atom. The zero-order valence-electron chi connectivity index (χ0n) is 19.7. The van der Waals surface area contributed by atoms with Crippen molar-refractivity contribution < 1.29 is 23.7 Å². The summed E-state index contributed by atoms with van der Waals surface area (Å²) in [7, 11) is 1.71. The molecule has 176 valence electrons. The van der Waals surface area contributed by atoms with E-state index in [0.717, 1.165) is 38.8 Å². The third-order valence-electron chi connectivity index (χ3n) is 7.97. The summed E-state index contributed by atoms with van der Waals surface area (Å²) < 4.78 is 24.0. The largest absolute Gasteiger partial charge is 0.443 e. The van der Waals surface area contributed by atoms with Gasteiger partial charge in [-0.15, -0.1) is 0 Å². The van der Waals surface area contributed by atoms with Crippen molar-refractivity contribution in [2.24, 2.45) is 11.8 Å². The van der Waals surface area contributed by atoms with E-state index in [-0.39, 0.29) is 41.5 Å². The van der Waals surface area contributed by atoms with Crippen LogP contribution in [-0.4, -0.2) is 68.5 Å². The lowest BCUT2D eigenvalue weighted by atomic mass is 9.68. The molecule has 1 amide bonds. The van der Waals surface area contributed by atoms with Gasteiger partial charge in [0.2, 0.25) is 0 Å². The summed E-state index contributed by atoms with van der Waals surface area (Å²) in [5, 5.41) is 6.41. The van der Waals surface area contributed by atoms with Gasteiger partial charge in [0.05, 0.1) is 18.6 Å². The standard InChI is InChI=1S/C24H40N2O5/c1-15(2)6-7-19-23(4,31-19)21-20(28-5)18(8-11-24(21)14-29-24)30-22(27)26-13-10-17-9-12-25-16(17)3/h6,16-21,25H,7-14H2,1-5H3,(H,26,27)/t16?,17?,18-,19-,20-,21-,23+,24+/m1/s1. The zero-order chi connectivity index (χ0) is 22.2. The molecule has 4 rings (SSSR count). The van der Waals surface area contributed by atoms with Crippen molar-refractivity contribution in [1.82, 2.24) is 10.6 Å². The molecule has 4 aliphatic rings. The van der Waals surface area contributed by atoms with Gasteiger partial charge < -0.3 is 29.6 Å². The number of carbonyl (C=O) groups excluding carboxylic acids is 1. The molecule has 8 atom stereocenters. The third-order valence-corrected chi connectivity index (χ3v) is 7.97. The van der Waals surface area contributed by atoms with Gasteiger partial charge in [-0.1, -0.05) is 11.6 Å². The number of amides is 1. The fourth-order valence-electron chi connectivity index (χ4n) is 5.92. The number of allylic oxidation sites excluding steroid dienone is 1. The predicted molar refractivity (Wildman–Crippen MR) is 118 cm³/mol. The van der Waals surface area contributed by atoms with Crippen LogP contribution in [0, 0.1) is 11.8 Å². The van der Waals surface area contributed by atoms with E-state index in [1.807, 2.05) is 0 Å². The quantitative estimate of drug-likeness (QED) is 0.449. The molecule has 2 N–H and O–H groups in total. The smallest absolute Gasteiger partial charge is 0.407 e. The molecule has 1 saturated carbocycles. The van der Waals surface area contributed by atoms with Crippen LogP contribution in [0.15, 0.2) is 11.6 Å². The van der Waals surface area contributed by atoms with E-state index in [4.69, 9.17) is 18.9 Å². The second-order valence-electron chi connectivity index (χ2n) is 10.3. The second-order valence-corrected chi connectivity index (χ2v) is 10.3. The van der Waals surface area contributed by atoms with Crippen LogP contribution in [0.3, 0.4) is 0 Å². The number of epoxide rings is 2. The number of alkyl carbamates (subject to hydrolysis) is 1. The Morgan fingerprint density at radius 2 is 2.10 bits per heavy atom. The average molecular weight is 437 g/mol. The molecule has 3 heterocycles. The van der Waals surface area contributed by atoms with Crippen LogP contribution >= 0.6 is 0 Å². The van der Waals surface area contributed by atoms with Gasteiger partial charge in [-0.05, 0) is 72.3 Å². The van der Waals surface area contributed by atoms with Crippen molar-refractivity contribution in [2.45, 2.75) is 95.4 Å². The lowest BCUT2D eigenvalue weighted by Gasteiger charge is -2.42. The van der Waals surface area contributed by atoms with Gasteiger partial charge in [0.25, 0.3) is 0 Å². The molecule has 0 bridgehead atoms. The van der Waals surface area contributed by atoms with Gasteiger partial charge in [-0.3, -0.25) is 0 Å². The Labute approximate surface area is 186 Å². The van der Waals surface area contributed by atoms with Crippen molar-refractivity contribution in [2.75, 3.05) is 26.8 Å². The number of methoxy groups -OCH3 is 1. The summed E-state index contributed by atoms with van der Waals surface area (Å²) in [4.78, 5) is 12.5. The van der Waals surface area contributed by atoms with E-state index >= 15 is 0 Å². The van der Waals surface area contributed by atoms with E-state index in [2.05, 4.69) is 44.4 Å². The number of rotatable bonds is 8. The van der Waals surface area contributed by atoms with Gasteiger partial charge in [0.1, 0.15) is 23.4 Å². The summed E-state index contributed by atoms with van der Waals surface area (Å²) in [5.74, 6) is 0.667. The van der Waals surface area contributed by atoms with Crippen molar-refractivity contribution in [3.05, 3.63) is 11.6 Å². The van der Waals surface area contributed by atoms with Gasteiger partial charge in [0.15, 0.2) is 0 Å². The number of carbonyl (C=O) groups is 1. The number of hydrogen-bond donors (Lipinski definition) is 2. The van der Waals surface area contributed by atoms with Gasteiger partial charge >= 0.3 is 6.09 Å². The molecule has 7 nitrogen and oxygen atoms in total. The third kappa shape index (κ3) is 4.80. The summed E-state index contributed by atoms with van der Waals surface area (Å²) >= 11 is 0. The van der Waals surface area contributed by atoms with Crippen LogP contribution in [0.25, 0.3) is 0 Å². The van der Waals surface area contributed by atoms with Crippen LogP contribution in [0.2, 0.25) is 0 Å². The molecule has 7 heteroatoms. The first kappa shape index (κ1) is 23.0. The minimum atomic E-state index is -0.347. The average Bonchev–Trinajstić information content (AvgIpc) is 3.59. The first-order chi connectivity index (χ1) is 14.8. The number of ether oxygens (including phenoxy) is 4. The molecule has 0 radical (unpaired) electrons. The Morgan fingerprint density at radius 1 is 1.32 bits per heavy atom. The Kier molecular flexibility index (Phi) is 6.69. The molecule has 0 aromatic carbocycles. The number of nitrogens with one attached hydrogen (secondary N) is 2. The molecule has 0 aromatic heterocycles. The SMILES string of the molecule is CO[C@@H]1[C@H](OC(=O)NCCC2CCNC2C)CC[C@]2(CO2)[C@H]1[C@@]1(C)O[C@@H]1CC=C(C)C. The van der Waals surface area contributed by atoms with E-state index < -0.39 is 0 Å². The molecule has 31 heavy (non-hydrogen) atoms. The fraction of sp³-hybridized carbons (Fsp3) is 0.875. The van der Waals surface area contributed by atoms with E-state index in [9.17, 15) is 4.79 Å². The summed E-state index contributed by atoms with van der Waals surface area (Å²) in [6.07, 6.45) is 6.16. The molecule has 3 aliphatic heterocycles. The number of hydrogen-bond acceptors (Lipinski definition) is 6. The van der Waals surface area contributed by atoms with Crippen LogP contribution in [0.5, 0.6) is 0 Å². The van der Waals surface area contributed by atoms with Crippen LogP contribution in [0.1, 0.15) is 59.8 Å². The summed E-state index contributed by atoms with van der Waals surface area (Å²) in [5.41, 5.74) is 0.785. The lowest BCUT2D eigenvalue weighted by molar-refractivity contribution is -0.118. The monoisotopic (exact) mass is 436 g/mol. The summed E-state index contributed by atoms with van der Waals surface area (Å²) in [6, 6.07) is 0.517. The highest BCUT2D eigenvalue weighted by molar-refractivity contribution is 5.67. The van der Waals surface area contributed by atoms with E-state index in [1.165, 1.54) is 12.0 Å². The molecular weight excluding hydrogens is 396 g/mol. The molecule has 1 aliphatic carbocycles. The predicted octanol–water partition coefficient (Wildman–Crippen LogP) is 3.18. The highest BCUT2D eigenvalue weighted by atomic mass is 16.6. The van der Waals surface area contributed by atoms with Crippen LogP contribution in [0.4, 0.5) is 4.79 Å². The summed E-state index contributed by atoms with van der Waals surface area (Å²) in [6.45, 7) is 11.0. The molecule has 4 fully saturated rings. The van der Waals surface area contributed by atoms with Gasteiger partial charge in [-0.25, -0.2) is 4.79 Å². The first-order valence-electron chi connectivity index (χ1n) is 11.9. The van der Waals surface area contributed by atoms with Gasteiger partial charge in [0, 0.05) is 19.7 Å². The van der Waals surface area contributed by atoms with Crippen molar-refractivity contribution in [3.63, 3.8) is 0 Å². The minimum absolute atomic E-state index is 0.0533. The Bertz CT molecular complexity index is 689. The molecular formula is C24H40N2O5. The molecule has 0 aromatic rings. The van der Waals surface area contributed by atoms with Crippen molar-refractivity contribution >= 4 is 6.09 Å². The van der Waals surface area contributed by atoms with Gasteiger partial charge in [-0.2, -0.15) is 0 Å². The van der Waals surface area contributed by atoms with E-state index in [0.29, 0.717) is 18.5 Å². The topological polar surface area (TPSA) is 84.7 Å². The maximum absolute atomic E-state index is 12.5. The highest BCUT2D eigenvalue weighted by Gasteiger charge is 2.72. The van der Waals surface area contributed by atoms with Crippen LogP contribution in [-0.2, 0) is 18.9 Å². The molecule has 1 spiro atoms. The fourth-order valence-corrected chi connectivity index (χ4v) is 5.92. The second kappa shape index (κ2) is 9.00. The molecule has 2 unspecified atom stereocenters. The molecule has 3 saturated heterocycles.